The van der Waals surface area contributed by atoms with Crippen LogP contribution in [0.5, 0.6) is 0 Å². The molecule has 0 bridgehead atoms. The lowest BCUT2D eigenvalue weighted by molar-refractivity contribution is -0.108. The fraction of sp³-hybridized carbons (Fsp3) is 0.321. The molecule has 2 aromatic carbocycles. The number of nitrogens with one attached hydrogen (secondary N) is 2. The number of nitrogens with zero attached hydrogens (tertiary/aromatic N) is 2. The van der Waals surface area contributed by atoms with Gasteiger partial charge in [0.2, 0.25) is 0 Å². The summed E-state index contributed by atoms with van der Waals surface area (Å²) in [5, 5.41) is 8.69. The fourth-order valence-corrected chi connectivity index (χ4v) is 6.39. The van der Waals surface area contributed by atoms with Crippen molar-refractivity contribution in [3.63, 3.8) is 0 Å². The van der Waals surface area contributed by atoms with Gasteiger partial charge in [0.1, 0.15) is 11.2 Å². The number of amides is 1. The zero-order valence-electron chi connectivity index (χ0n) is 19.7. The summed E-state index contributed by atoms with van der Waals surface area (Å²) in [5.74, 6) is 0.520. The summed E-state index contributed by atoms with van der Waals surface area (Å²) in [4.78, 5) is 31.6. The maximum Gasteiger partial charge on any atom is 0.263 e. The largest absolute Gasteiger partial charge is 0.381 e. The maximum atomic E-state index is 12.7. The van der Waals surface area contributed by atoms with Crippen LogP contribution >= 0.6 is 11.3 Å². The van der Waals surface area contributed by atoms with Gasteiger partial charge in [0.25, 0.3) is 5.91 Å². The Morgan fingerprint density at radius 3 is 2.66 bits per heavy atom. The molecule has 4 aromatic rings. The lowest BCUT2D eigenvalue weighted by atomic mass is 9.94. The first kappa shape index (κ1) is 22.0. The van der Waals surface area contributed by atoms with Gasteiger partial charge in [-0.05, 0) is 62.1 Å². The number of aromatic nitrogens is 1. The quantitative estimate of drug-likeness (QED) is 0.376. The molecule has 0 aliphatic carbocycles. The molecule has 2 aliphatic rings. The van der Waals surface area contributed by atoms with Crippen LogP contribution in [0.3, 0.4) is 0 Å². The summed E-state index contributed by atoms with van der Waals surface area (Å²) in [7, 11) is 0. The minimum atomic E-state index is -0.00974. The number of benzene rings is 2. The second kappa shape index (κ2) is 8.96. The molecule has 0 spiro atoms. The van der Waals surface area contributed by atoms with Crippen LogP contribution in [0.4, 0.5) is 11.4 Å². The van der Waals surface area contributed by atoms with Crippen molar-refractivity contribution in [2.24, 2.45) is 5.92 Å². The zero-order chi connectivity index (χ0) is 23.9. The van der Waals surface area contributed by atoms with Crippen LogP contribution in [-0.4, -0.2) is 42.9 Å². The Labute approximate surface area is 208 Å². The molecule has 1 atom stereocenters. The van der Waals surface area contributed by atoms with Gasteiger partial charge < -0.3 is 20.3 Å². The Hall–Kier alpha value is -3.45. The first-order valence-electron chi connectivity index (χ1n) is 12.3. The molecule has 0 radical (unpaired) electrons. The third kappa shape index (κ3) is 4.04. The second-order valence-corrected chi connectivity index (χ2v) is 10.7. The van der Waals surface area contributed by atoms with Gasteiger partial charge in [0.05, 0.1) is 16.9 Å². The summed E-state index contributed by atoms with van der Waals surface area (Å²) in [6.45, 7) is 4.71. The van der Waals surface area contributed by atoms with Crippen LogP contribution in [0.2, 0.25) is 0 Å². The van der Waals surface area contributed by atoms with E-state index in [0.717, 1.165) is 75.0 Å². The van der Waals surface area contributed by atoms with E-state index in [2.05, 4.69) is 64.1 Å². The summed E-state index contributed by atoms with van der Waals surface area (Å²) in [5.41, 5.74) is 5.10. The van der Waals surface area contributed by atoms with Crippen LogP contribution in [-0.2, 0) is 4.79 Å². The zero-order valence-corrected chi connectivity index (χ0v) is 20.5. The van der Waals surface area contributed by atoms with E-state index in [1.807, 2.05) is 6.92 Å². The third-order valence-electron chi connectivity index (χ3n) is 7.26. The molecule has 6 rings (SSSR count). The highest BCUT2D eigenvalue weighted by Crippen LogP contribution is 2.41. The maximum absolute atomic E-state index is 12.7. The molecular weight excluding hydrogens is 456 g/mol. The molecule has 2 aromatic heterocycles. The number of rotatable bonds is 4. The Morgan fingerprint density at radius 1 is 1.09 bits per heavy atom. The van der Waals surface area contributed by atoms with Crippen LogP contribution in [0.15, 0.2) is 48.5 Å². The number of hydrogen-bond acceptors (Lipinski definition) is 6. The highest BCUT2D eigenvalue weighted by molar-refractivity contribution is 7.21. The van der Waals surface area contributed by atoms with Crippen molar-refractivity contribution < 1.29 is 9.59 Å². The summed E-state index contributed by atoms with van der Waals surface area (Å²) >= 11 is 1.53. The Balaban J connectivity index is 1.30. The monoisotopic (exact) mass is 484 g/mol. The molecule has 2 N–H and O–H groups in total. The van der Waals surface area contributed by atoms with Gasteiger partial charge in [-0.2, -0.15) is 0 Å². The standard InChI is InChI=1S/C28H28N4O2S/c1-17-16-29-26-25-21-6-7-22(31-23(21)8-9-24(25)35-27(26)28(34)30-17)19-2-4-20(5-3-19)32-13-10-18(11-14-32)12-15-33/h2-9,15,17-18,29H,10-14,16H2,1H3,(H,30,34). The van der Waals surface area contributed by atoms with Gasteiger partial charge in [-0.15, -0.1) is 11.3 Å². The van der Waals surface area contributed by atoms with Crippen LogP contribution in [0.25, 0.3) is 32.2 Å². The first-order chi connectivity index (χ1) is 17.1. The van der Waals surface area contributed by atoms with E-state index in [1.165, 1.54) is 17.0 Å². The van der Waals surface area contributed by atoms with Gasteiger partial charge in [-0.1, -0.05) is 12.1 Å². The molecule has 6 nitrogen and oxygen atoms in total. The van der Waals surface area contributed by atoms with Crippen molar-refractivity contribution in [3.8, 4) is 11.3 Å². The third-order valence-corrected chi connectivity index (χ3v) is 8.42. The molecule has 1 unspecified atom stereocenters. The van der Waals surface area contributed by atoms with Crippen molar-refractivity contribution in [2.75, 3.05) is 29.9 Å². The van der Waals surface area contributed by atoms with Crippen LogP contribution in [0.1, 0.15) is 35.9 Å². The number of carbonyl (C=O) groups excluding carboxylic acids is 2. The molecule has 1 saturated heterocycles. The molecule has 4 heterocycles. The van der Waals surface area contributed by atoms with E-state index in [4.69, 9.17) is 4.98 Å². The second-order valence-electron chi connectivity index (χ2n) is 9.64. The van der Waals surface area contributed by atoms with E-state index in [0.29, 0.717) is 18.9 Å². The highest BCUT2D eigenvalue weighted by atomic mass is 32.1. The smallest absolute Gasteiger partial charge is 0.263 e. The number of pyridine rings is 1. The number of carbonyl (C=O) groups is 2. The molecule has 2 aliphatic heterocycles. The fourth-order valence-electron chi connectivity index (χ4n) is 5.29. The minimum absolute atomic E-state index is 0.00974. The molecule has 178 valence electrons. The number of piperidine rings is 1. The lowest BCUT2D eigenvalue weighted by Gasteiger charge is -2.33. The van der Waals surface area contributed by atoms with Crippen molar-refractivity contribution >= 4 is 55.9 Å². The Morgan fingerprint density at radius 2 is 1.89 bits per heavy atom. The highest BCUT2D eigenvalue weighted by Gasteiger charge is 2.25. The van der Waals surface area contributed by atoms with Crippen molar-refractivity contribution in [1.82, 2.24) is 10.3 Å². The van der Waals surface area contributed by atoms with E-state index in [1.54, 1.807) is 0 Å². The average molecular weight is 485 g/mol. The van der Waals surface area contributed by atoms with E-state index in [9.17, 15) is 9.59 Å². The average Bonchev–Trinajstić information content (AvgIpc) is 3.21. The van der Waals surface area contributed by atoms with Gasteiger partial charge in [-0.25, -0.2) is 4.98 Å². The predicted molar refractivity (Wildman–Crippen MR) is 144 cm³/mol. The molecule has 1 amide bonds. The van der Waals surface area contributed by atoms with Crippen molar-refractivity contribution in [2.45, 2.75) is 32.2 Å². The van der Waals surface area contributed by atoms with Gasteiger partial charge in [0.15, 0.2) is 0 Å². The van der Waals surface area contributed by atoms with Gasteiger partial charge >= 0.3 is 0 Å². The van der Waals surface area contributed by atoms with Gasteiger partial charge in [0, 0.05) is 58.8 Å². The van der Waals surface area contributed by atoms with Gasteiger partial charge in [-0.3, -0.25) is 4.79 Å². The predicted octanol–water partition coefficient (Wildman–Crippen LogP) is 5.47. The number of hydrogen-bond donors (Lipinski definition) is 2. The first-order valence-corrected chi connectivity index (χ1v) is 13.1. The summed E-state index contributed by atoms with van der Waals surface area (Å²) in [6.07, 6.45) is 3.88. The Kier molecular flexibility index (Phi) is 5.65. The van der Waals surface area contributed by atoms with Crippen LogP contribution in [0, 0.1) is 5.92 Å². The molecular formula is C28H28N4O2S. The van der Waals surface area contributed by atoms with Crippen molar-refractivity contribution in [3.05, 3.63) is 53.4 Å². The number of fused-ring (bicyclic) bond motifs is 5. The summed E-state index contributed by atoms with van der Waals surface area (Å²) in [6, 6.07) is 17.0. The number of aldehydes is 1. The van der Waals surface area contributed by atoms with Crippen LogP contribution < -0.4 is 15.5 Å². The normalized spacial score (nSPS) is 18.7. The van der Waals surface area contributed by atoms with E-state index in [-0.39, 0.29) is 11.9 Å². The topological polar surface area (TPSA) is 74.3 Å². The van der Waals surface area contributed by atoms with E-state index >= 15 is 0 Å². The lowest BCUT2D eigenvalue weighted by Crippen LogP contribution is -2.34. The van der Waals surface area contributed by atoms with E-state index < -0.39 is 0 Å². The number of anilines is 2. The minimum Gasteiger partial charge on any atom is -0.381 e. The van der Waals surface area contributed by atoms with Crippen molar-refractivity contribution in [1.29, 1.82) is 0 Å². The molecule has 0 saturated carbocycles. The number of thiophene rings is 1. The molecule has 35 heavy (non-hydrogen) atoms. The molecule has 7 heteroatoms. The SMILES string of the molecule is CC1CNc2c(sc3ccc4nc(-c5ccc(N6CCC(CC=O)CC6)cc5)ccc4c23)C(=O)N1. The Bertz CT molecular complexity index is 1420. The molecule has 1 fully saturated rings. The summed E-state index contributed by atoms with van der Waals surface area (Å²) < 4.78 is 1.09.